The molecule has 0 atom stereocenters. The highest BCUT2D eigenvalue weighted by atomic mass is 35.5. The van der Waals surface area contributed by atoms with Crippen LogP contribution in [0.25, 0.3) is 0 Å². The number of halogens is 8. The molecule has 1 aliphatic rings. The van der Waals surface area contributed by atoms with Crippen molar-refractivity contribution in [2.45, 2.75) is 5.92 Å². The van der Waals surface area contributed by atoms with Gasteiger partial charge in [0.2, 0.25) is 0 Å². The second kappa shape index (κ2) is 11.6. The van der Waals surface area contributed by atoms with Crippen LogP contribution in [-0.2, 0) is 0 Å². The lowest BCUT2D eigenvalue weighted by molar-refractivity contribution is 0.477. The Hall–Kier alpha value is -1.98. The molecule has 0 aromatic heterocycles. The van der Waals surface area contributed by atoms with Gasteiger partial charge in [-0.25, -0.2) is 0 Å². The molecule has 206 valence electrons. The number of hydrogen-bond donors (Lipinski definition) is 0. The fourth-order valence-corrected chi connectivity index (χ4v) is 7.81. The van der Waals surface area contributed by atoms with E-state index in [4.69, 9.17) is 97.5 Å². The van der Waals surface area contributed by atoms with Gasteiger partial charge >= 0.3 is 0 Å². The molecule has 1 heterocycles. The molecule has 0 saturated heterocycles. The molecular formula is C31H15Cl8NO. The Kier molecular flexibility index (Phi) is 8.24. The third kappa shape index (κ3) is 5.35. The molecule has 2 nitrogen and oxygen atoms in total. The van der Waals surface area contributed by atoms with Gasteiger partial charge in [0.15, 0.2) is 11.5 Å². The third-order valence-electron chi connectivity index (χ3n) is 6.71. The van der Waals surface area contributed by atoms with Crippen LogP contribution >= 0.6 is 92.8 Å². The highest BCUT2D eigenvalue weighted by Gasteiger charge is 2.33. The van der Waals surface area contributed by atoms with Crippen LogP contribution in [0, 0.1) is 0 Å². The summed E-state index contributed by atoms with van der Waals surface area (Å²) in [4.78, 5) is 2.04. The highest BCUT2D eigenvalue weighted by molar-refractivity contribution is 6.42. The van der Waals surface area contributed by atoms with Crippen molar-refractivity contribution in [2.75, 3.05) is 4.90 Å². The van der Waals surface area contributed by atoms with E-state index >= 15 is 0 Å². The number of fused-ring (bicyclic) bond motifs is 2. The predicted molar refractivity (Wildman–Crippen MR) is 175 cm³/mol. The number of ether oxygens (including phenoxy) is 1. The quantitative estimate of drug-likeness (QED) is 0.170. The molecule has 0 aliphatic carbocycles. The highest BCUT2D eigenvalue weighted by Crippen LogP contribution is 2.54. The van der Waals surface area contributed by atoms with Crippen LogP contribution in [0.1, 0.15) is 22.6 Å². The molecule has 0 bridgehead atoms. The van der Waals surface area contributed by atoms with Crippen LogP contribution in [0.15, 0.2) is 84.9 Å². The summed E-state index contributed by atoms with van der Waals surface area (Å²) in [7, 11) is 0. The van der Waals surface area contributed by atoms with Crippen LogP contribution in [0.2, 0.25) is 40.2 Å². The lowest BCUT2D eigenvalue weighted by atomic mass is 9.84. The van der Waals surface area contributed by atoms with E-state index in [1.807, 2.05) is 65.6 Å². The standard InChI is InChI=1S/C31H15Cl8NO/c32-15-9-18(34)28(19(35)10-15)31(29-20(36)11-16(33)12-21(29)37)30-22(38)13-17(14-23(30)39)40-24-5-1-3-7-26(24)41-27-8-4-2-6-25(27)40/h1-14,31H. The molecule has 0 saturated carbocycles. The van der Waals surface area contributed by atoms with E-state index in [1.54, 1.807) is 24.3 Å². The van der Waals surface area contributed by atoms with Gasteiger partial charge < -0.3 is 9.64 Å². The molecule has 6 rings (SSSR count). The van der Waals surface area contributed by atoms with E-state index in [0.29, 0.717) is 74.1 Å². The largest absolute Gasteiger partial charge is 0.453 e. The van der Waals surface area contributed by atoms with Gasteiger partial charge in [-0.15, -0.1) is 0 Å². The molecule has 0 amide bonds. The van der Waals surface area contributed by atoms with Gasteiger partial charge in [-0.2, -0.15) is 0 Å². The number of nitrogens with zero attached hydrogens (tertiary/aromatic N) is 1. The normalized spacial score (nSPS) is 12.3. The second-order valence-corrected chi connectivity index (χ2v) is 12.5. The first-order valence-electron chi connectivity index (χ1n) is 12.1. The molecule has 5 aromatic rings. The second-order valence-electron chi connectivity index (χ2n) is 9.20. The Morgan fingerprint density at radius 2 is 0.805 bits per heavy atom. The summed E-state index contributed by atoms with van der Waals surface area (Å²) in [5, 5.41) is 2.58. The molecule has 0 fully saturated rings. The number of rotatable bonds is 4. The van der Waals surface area contributed by atoms with Crippen molar-refractivity contribution in [3.8, 4) is 11.5 Å². The molecular weight excluding hydrogens is 686 g/mol. The van der Waals surface area contributed by atoms with Gasteiger partial charge in [-0.3, -0.25) is 0 Å². The maximum absolute atomic E-state index is 7.11. The van der Waals surface area contributed by atoms with Gasteiger partial charge in [-0.05, 0) is 60.7 Å². The summed E-state index contributed by atoms with van der Waals surface area (Å²) >= 11 is 53.7. The summed E-state index contributed by atoms with van der Waals surface area (Å²) < 4.78 is 6.15. The van der Waals surface area contributed by atoms with Crippen LogP contribution in [-0.4, -0.2) is 0 Å². The zero-order valence-corrected chi connectivity index (χ0v) is 26.6. The van der Waals surface area contributed by atoms with Crippen molar-refractivity contribution in [3.05, 3.63) is 142 Å². The van der Waals surface area contributed by atoms with E-state index in [2.05, 4.69) is 0 Å². The Balaban J connectivity index is 1.60. The summed E-state index contributed by atoms with van der Waals surface area (Å²) in [6.07, 6.45) is 0. The number of para-hydroxylation sites is 4. The Morgan fingerprint density at radius 1 is 0.463 bits per heavy atom. The van der Waals surface area contributed by atoms with Crippen LogP contribution in [0.3, 0.4) is 0 Å². The van der Waals surface area contributed by atoms with E-state index in [1.165, 1.54) is 0 Å². The number of hydrogen-bond acceptors (Lipinski definition) is 2. The molecule has 0 unspecified atom stereocenters. The first-order valence-corrected chi connectivity index (χ1v) is 15.1. The van der Waals surface area contributed by atoms with Crippen molar-refractivity contribution in [2.24, 2.45) is 0 Å². The SMILES string of the molecule is Clc1cc(Cl)c(C(c2c(Cl)cc(Cl)cc2Cl)c2c(Cl)cc(N3c4ccccc4Oc4ccccc43)cc2Cl)c(Cl)c1. The lowest BCUT2D eigenvalue weighted by Crippen LogP contribution is -2.16. The van der Waals surface area contributed by atoms with E-state index in [-0.39, 0.29) is 0 Å². The van der Waals surface area contributed by atoms with Crippen molar-refractivity contribution in [1.82, 2.24) is 0 Å². The zero-order valence-electron chi connectivity index (χ0n) is 20.5. The fourth-order valence-electron chi connectivity index (χ4n) is 5.05. The van der Waals surface area contributed by atoms with E-state index < -0.39 is 5.92 Å². The molecule has 1 aliphatic heterocycles. The average Bonchev–Trinajstić information content (AvgIpc) is 2.90. The zero-order chi connectivity index (χ0) is 29.0. The van der Waals surface area contributed by atoms with E-state index in [9.17, 15) is 0 Å². The smallest absolute Gasteiger partial charge is 0.151 e. The van der Waals surface area contributed by atoms with Crippen molar-refractivity contribution in [1.29, 1.82) is 0 Å². The summed E-state index contributed by atoms with van der Waals surface area (Å²) in [6, 6.07) is 25.4. The van der Waals surface area contributed by atoms with E-state index in [0.717, 1.165) is 11.4 Å². The van der Waals surface area contributed by atoms with Crippen LogP contribution in [0.5, 0.6) is 11.5 Å². The Bertz CT molecular complexity index is 1670. The number of anilines is 3. The van der Waals surface area contributed by atoms with Crippen LogP contribution < -0.4 is 9.64 Å². The minimum absolute atomic E-state index is 0.293. The molecule has 0 N–H and O–H groups in total. The molecule has 10 heteroatoms. The monoisotopic (exact) mass is 697 g/mol. The first kappa shape index (κ1) is 29.1. The maximum Gasteiger partial charge on any atom is 0.151 e. The van der Waals surface area contributed by atoms with Gasteiger partial charge in [-0.1, -0.05) is 117 Å². The van der Waals surface area contributed by atoms with Gasteiger partial charge in [0.25, 0.3) is 0 Å². The first-order chi connectivity index (χ1) is 19.6. The summed E-state index contributed by atoms with van der Waals surface area (Å²) in [5.74, 6) is 0.627. The third-order valence-corrected chi connectivity index (χ3v) is 9.02. The maximum atomic E-state index is 7.11. The minimum Gasteiger partial charge on any atom is -0.453 e. The summed E-state index contributed by atoms with van der Waals surface area (Å²) in [5.41, 5.74) is 3.85. The van der Waals surface area contributed by atoms with Crippen LogP contribution in [0.4, 0.5) is 17.1 Å². The van der Waals surface area contributed by atoms with Crippen molar-refractivity contribution < 1.29 is 4.74 Å². The van der Waals surface area contributed by atoms with Gasteiger partial charge in [0.1, 0.15) is 0 Å². The lowest BCUT2D eigenvalue weighted by Gasteiger charge is -2.33. The van der Waals surface area contributed by atoms with Crippen molar-refractivity contribution in [3.63, 3.8) is 0 Å². The Morgan fingerprint density at radius 3 is 1.20 bits per heavy atom. The van der Waals surface area contributed by atoms with Gasteiger partial charge in [0, 0.05) is 68.5 Å². The fraction of sp³-hybridized carbons (Fsp3) is 0.0323. The Labute approximate surface area is 276 Å². The van der Waals surface area contributed by atoms with Gasteiger partial charge in [0.05, 0.1) is 11.4 Å². The molecule has 0 spiro atoms. The van der Waals surface area contributed by atoms with Crippen molar-refractivity contribution >= 4 is 110 Å². The molecule has 0 radical (unpaired) electrons. The summed E-state index contributed by atoms with van der Waals surface area (Å²) in [6.45, 7) is 0. The topological polar surface area (TPSA) is 12.5 Å². The predicted octanol–water partition coefficient (Wildman–Crippen LogP) is 13.7. The molecule has 41 heavy (non-hydrogen) atoms. The molecule has 5 aromatic carbocycles. The minimum atomic E-state index is -0.761. The average molecular weight is 701 g/mol. The number of benzene rings is 5.